The Morgan fingerprint density at radius 3 is 2.14 bits per heavy atom. The zero-order valence-electron chi connectivity index (χ0n) is 22.1. The summed E-state index contributed by atoms with van der Waals surface area (Å²) in [7, 11) is -0.925. The summed E-state index contributed by atoms with van der Waals surface area (Å²) in [6.07, 6.45) is 1.54. The second-order valence-electron chi connectivity index (χ2n) is 9.55. The van der Waals surface area contributed by atoms with Gasteiger partial charge in [-0.3, -0.25) is 13.9 Å². The molecule has 36 heavy (non-hydrogen) atoms. The molecule has 2 aromatic rings. The number of carbonyl (C=O) groups is 2. The molecule has 1 N–H and O–H groups in total. The van der Waals surface area contributed by atoms with E-state index in [1.165, 1.54) is 25.2 Å². The predicted molar refractivity (Wildman–Crippen MR) is 141 cm³/mol. The summed E-state index contributed by atoms with van der Waals surface area (Å²) >= 11 is 0. The number of benzene rings is 2. The molecule has 198 valence electrons. The van der Waals surface area contributed by atoms with E-state index in [0.29, 0.717) is 17.9 Å². The molecule has 0 heterocycles. The van der Waals surface area contributed by atoms with Crippen molar-refractivity contribution in [3.8, 4) is 11.5 Å². The molecular formula is C26H37N3O6S. The van der Waals surface area contributed by atoms with Crippen molar-refractivity contribution < 1.29 is 27.5 Å². The summed E-state index contributed by atoms with van der Waals surface area (Å²) in [4.78, 5) is 27.9. The first-order chi connectivity index (χ1) is 16.8. The lowest BCUT2D eigenvalue weighted by Crippen LogP contribution is -2.55. The van der Waals surface area contributed by atoms with Gasteiger partial charge in [0.2, 0.25) is 21.8 Å². The second kappa shape index (κ2) is 12.1. The van der Waals surface area contributed by atoms with E-state index in [2.05, 4.69) is 5.32 Å². The largest absolute Gasteiger partial charge is 0.493 e. The molecule has 0 spiro atoms. The topological polar surface area (TPSA) is 105 Å². The third-order valence-electron chi connectivity index (χ3n) is 5.48. The van der Waals surface area contributed by atoms with Gasteiger partial charge in [-0.2, -0.15) is 0 Å². The zero-order chi connectivity index (χ0) is 27.1. The average Bonchev–Trinajstić information content (AvgIpc) is 2.80. The first kappa shape index (κ1) is 29.0. The summed E-state index contributed by atoms with van der Waals surface area (Å²) in [5, 5.41) is 2.90. The number of methoxy groups -OCH3 is 2. The third kappa shape index (κ3) is 8.15. The Balaban J connectivity index is 2.38. The zero-order valence-corrected chi connectivity index (χ0v) is 22.9. The van der Waals surface area contributed by atoms with Crippen LogP contribution in [0.1, 0.15) is 33.3 Å². The van der Waals surface area contributed by atoms with Gasteiger partial charge in [-0.15, -0.1) is 0 Å². The minimum absolute atomic E-state index is 0.241. The molecule has 0 saturated heterocycles. The number of anilines is 1. The molecule has 2 aromatic carbocycles. The lowest BCUT2D eigenvalue weighted by Gasteiger charge is -2.33. The highest BCUT2D eigenvalue weighted by molar-refractivity contribution is 7.92. The molecule has 1 unspecified atom stereocenters. The first-order valence-corrected chi connectivity index (χ1v) is 13.5. The molecule has 1 atom stereocenters. The van der Waals surface area contributed by atoms with Crippen LogP contribution < -0.4 is 19.1 Å². The predicted octanol–water partition coefficient (Wildman–Crippen LogP) is 2.84. The first-order valence-electron chi connectivity index (χ1n) is 11.6. The number of sulfonamides is 1. The van der Waals surface area contributed by atoms with Crippen molar-refractivity contribution in [1.29, 1.82) is 0 Å². The summed E-state index contributed by atoms with van der Waals surface area (Å²) in [6, 6.07) is 13.4. The van der Waals surface area contributed by atoms with Gasteiger partial charge >= 0.3 is 0 Å². The lowest BCUT2D eigenvalue weighted by molar-refractivity contribution is -0.139. The van der Waals surface area contributed by atoms with E-state index in [1.807, 2.05) is 51.1 Å². The van der Waals surface area contributed by atoms with Crippen LogP contribution in [0.3, 0.4) is 0 Å². The Bertz CT molecular complexity index is 1150. The number of rotatable bonds is 11. The molecule has 0 bridgehead atoms. The van der Waals surface area contributed by atoms with Crippen molar-refractivity contribution in [2.75, 3.05) is 37.9 Å². The van der Waals surface area contributed by atoms with E-state index in [4.69, 9.17) is 9.47 Å². The maximum atomic E-state index is 13.6. The number of nitrogens with zero attached hydrogens (tertiary/aromatic N) is 2. The molecule has 0 fully saturated rings. The molecule has 0 aliphatic carbocycles. The summed E-state index contributed by atoms with van der Waals surface area (Å²) in [5.41, 5.74) is 0.759. The number of hydrogen-bond acceptors (Lipinski definition) is 6. The smallest absolute Gasteiger partial charge is 0.244 e. The van der Waals surface area contributed by atoms with E-state index in [0.717, 1.165) is 16.1 Å². The normalized spacial score (nSPS) is 12.4. The quantitative estimate of drug-likeness (QED) is 0.490. The molecule has 9 nitrogen and oxygen atoms in total. The number of nitrogens with one attached hydrogen (secondary N) is 1. The van der Waals surface area contributed by atoms with Crippen LogP contribution in [0, 0.1) is 0 Å². The minimum atomic E-state index is -3.84. The van der Waals surface area contributed by atoms with E-state index in [-0.39, 0.29) is 18.1 Å². The number of amides is 2. The Morgan fingerprint density at radius 2 is 1.61 bits per heavy atom. The SMILES string of the molecule is COc1ccc(N(CC(=O)N(CCc2ccccc2)C(C)C(=O)NC(C)(C)C)S(C)(=O)=O)cc1OC. The molecule has 0 saturated carbocycles. The van der Waals surface area contributed by atoms with Crippen LogP contribution in [-0.2, 0) is 26.0 Å². The Kier molecular flexibility index (Phi) is 9.75. The van der Waals surface area contributed by atoms with Gasteiger partial charge < -0.3 is 19.7 Å². The van der Waals surface area contributed by atoms with Crippen LogP contribution in [0.25, 0.3) is 0 Å². The van der Waals surface area contributed by atoms with Gasteiger partial charge in [0.05, 0.1) is 26.2 Å². The molecule has 2 rings (SSSR count). The highest BCUT2D eigenvalue weighted by Crippen LogP contribution is 2.32. The average molecular weight is 520 g/mol. The summed E-state index contributed by atoms with van der Waals surface area (Å²) in [5.74, 6) is -0.0587. The number of ether oxygens (including phenoxy) is 2. The Hall–Kier alpha value is -3.27. The Morgan fingerprint density at radius 1 is 1.00 bits per heavy atom. The summed E-state index contributed by atoms with van der Waals surface area (Å²) in [6.45, 7) is 6.98. The van der Waals surface area contributed by atoms with Gasteiger partial charge in [-0.1, -0.05) is 30.3 Å². The van der Waals surface area contributed by atoms with Gasteiger partial charge in [-0.05, 0) is 51.8 Å². The van der Waals surface area contributed by atoms with Gasteiger partial charge in [0.15, 0.2) is 11.5 Å². The maximum Gasteiger partial charge on any atom is 0.244 e. The number of carbonyl (C=O) groups excluding carboxylic acids is 2. The minimum Gasteiger partial charge on any atom is -0.493 e. The van der Waals surface area contributed by atoms with Gasteiger partial charge in [0, 0.05) is 18.2 Å². The standard InChI is InChI=1S/C26H37N3O6S/c1-19(25(31)27-26(2,3)4)28(16-15-20-11-9-8-10-12-20)24(30)18-29(36(7,32)33)21-13-14-22(34-5)23(17-21)35-6/h8-14,17,19H,15-16,18H2,1-7H3,(H,27,31). The molecule has 2 amide bonds. The van der Waals surface area contributed by atoms with Crippen molar-refractivity contribution >= 4 is 27.5 Å². The van der Waals surface area contributed by atoms with Crippen molar-refractivity contribution in [3.05, 3.63) is 54.1 Å². The van der Waals surface area contributed by atoms with Crippen LogP contribution in [0.4, 0.5) is 5.69 Å². The molecule has 0 radical (unpaired) electrons. The van der Waals surface area contributed by atoms with Crippen LogP contribution in [-0.4, -0.2) is 70.3 Å². The van der Waals surface area contributed by atoms with Crippen LogP contribution in [0.5, 0.6) is 11.5 Å². The monoisotopic (exact) mass is 519 g/mol. The van der Waals surface area contributed by atoms with Crippen LogP contribution >= 0.6 is 0 Å². The third-order valence-corrected chi connectivity index (χ3v) is 6.62. The van der Waals surface area contributed by atoms with Crippen molar-refractivity contribution in [2.24, 2.45) is 0 Å². The van der Waals surface area contributed by atoms with Gasteiger partial charge in [0.25, 0.3) is 0 Å². The number of hydrogen-bond donors (Lipinski definition) is 1. The van der Waals surface area contributed by atoms with E-state index in [1.54, 1.807) is 19.1 Å². The van der Waals surface area contributed by atoms with E-state index < -0.39 is 34.1 Å². The highest BCUT2D eigenvalue weighted by atomic mass is 32.2. The fraction of sp³-hybridized carbons (Fsp3) is 0.462. The highest BCUT2D eigenvalue weighted by Gasteiger charge is 2.31. The summed E-state index contributed by atoms with van der Waals surface area (Å²) < 4.78 is 37.0. The Labute approximate surface area is 214 Å². The van der Waals surface area contributed by atoms with E-state index >= 15 is 0 Å². The molecule has 0 aliphatic rings. The lowest BCUT2D eigenvalue weighted by atomic mass is 10.1. The molecule has 10 heteroatoms. The van der Waals surface area contributed by atoms with Gasteiger partial charge in [0.1, 0.15) is 12.6 Å². The van der Waals surface area contributed by atoms with Gasteiger partial charge in [-0.25, -0.2) is 8.42 Å². The molecule has 0 aromatic heterocycles. The molecular weight excluding hydrogens is 482 g/mol. The maximum absolute atomic E-state index is 13.6. The fourth-order valence-corrected chi connectivity index (χ4v) is 4.48. The van der Waals surface area contributed by atoms with E-state index in [9.17, 15) is 18.0 Å². The van der Waals surface area contributed by atoms with Crippen molar-refractivity contribution in [2.45, 2.75) is 45.7 Å². The second-order valence-corrected chi connectivity index (χ2v) is 11.5. The van der Waals surface area contributed by atoms with Crippen molar-refractivity contribution in [1.82, 2.24) is 10.2 Å². The van der Waals surface area contributed by atoms with Crippen LogP contribution in [0.2, 0.25) is 0 Å². The fourth-order valence-electron chi connectivity index (χ4n) is 3.64. The van der Waals surface area contributed by atoms with Crippen molar-refractivity contribution in [3.63, 3.8) is 0 Å². The molecule has 0 aliphatic heterocycles. The van der Waals surface area contributed by atoms with Crippen LogP contribution in [0.15, 0.2) is 48.5 Å².